The number of aliphatic imine (C=N–C) groups is 1. The maximum atomic E-state index is 12.7. The lowest BCUT2D eigenvalue weighted by Crippen LogP contribution is -2.47. The number of hydrogen-bond donors (Lipinski definition) is 1. The smallest absolute Gasteiger partial charge is 0.244 e. The minimum absolute atomic E-state index is 0.146. The van der Waals surface area contributed by atoms with Crippen molar-refractivity contribution in [1.29, 1.82) is 0 Å². The lowest BCUT2D eigenvalue weighted by atomic mass is 9.90. The van der Waals surface area contributed by atoms with Crippen molar-refractivity contribution in [3.8, 4) is 0 Å². The number of piperidine rings is 2. The van der Waals surface area contributed by atoms with E-state index < -0.39 is 0 Å². The molecular weight excluding hydrogens is 376 g/mol. The van der Waals surface area contributed by atoms with E-state index in [1.807, 2.05) is 11.8 Å². The first-order chi connectivity index (χ1) is 14.7. The Morgan fingerprint density at radius 1 is 1.03 bits per heavy atom. The summed E-state index contributed by atoms with van der Waals surface area (Å²) in [6.07, 6.45) is 5.66. The zero-order valence-corrected chi connectivity index (χ0v) is 18.7. The molecule has 2 fully saturated rings. The molecule has 2 heterocycles. The third kappa shape index (κ3) is 6.73. The molecule has 2 aliphatic heterocycles. The van der Waals surface area contributed by atoms with Crippen LogP contribution in [0.3, 0.4) is 0 Å². The Morgan fingerprint density at radius 3 is 2.33 bits per heavy atom. The molecule has 6 heteroatoms. The number of hydrogen-bond acceptors (Lipinski definition) is 3. The second kappa shape index (κ2) is 11.9. The van der Waals surface area contributed by atoms with E-state index in [9.17, 15) is 4.79 Å². The SMILES string of the molecule is CCNC(=NCC(=O)N1CCC(Cc2ccccc2)CC1)N1CCC(OCC)CC1. The lowest BCUT2D eigenvalue weighted by Gasteiger charge is -2.34. The predicted molar refractivity (Wildman–Crippen MR) is 122 cm³/mol. The largest absolute Gasteiger partial charge is 0.378 e. The van der Waals surface area contributed by atoms with Crippen LogP contribution in [0.25, 0.3) is 0 Å². The van der Waals surface area contributed by atoms with Crippen molar-refractivity contribution in [1.82, 2.24) is 15.1 Å². The topological polar surface area (TPSA) is 57.2 Å². The molecule has 2 aliphatic rings. The maximum Gasteiger partial charge on any atom is 0.244 e. The Hall–Kier alpha value is -2.08. The van der Waals surface area contributed by atoms with Crippen molar-refractivity contribution in [2.75, 3.05) is 45.9 Å². The molecule has 1 aromatic rings. The average Bonchev–Trinajstić information content (AvgIpc) is 2.78. The van der Waals surface area contributed by atoms with Crippen LogP contribution in [0.2, 0.25) is 0 Å². The van der Waals surface area contributed by atoms with Crippen LogP contribution in [-0.4, -0.2) is 73.6 Å². The van der Waals surface area contributed by atoms with Gasteiger partial charge in [0.2, 0.25) is 5.91 Å². The summed E-state index contributed by atoms with van der Waals surface area (Å²) in [6.45, 7) is 9.49. The standard InChI is InChI=1S/C24H38N4O2/c1-3-25-24(28-16-12-22(13-17-28)30-4-2)26-19-23(29)27-14-10-21(11-15-27)18-20-8-6-5-7-9-20/h5-9,21-22H,3-4,10-19H2,1-2H3,(H,25,26). The summed E-state index contributed by atoms with van der Waals surface area (Å²) in [4.78, 5) is 21.7. The fourth-order valence-corrected chi connectivity index (χ4v) is 4.47. The summed E-state index contributed by atoms with van der Waals surface area (Å²) >= 11 is 0. The van der Waals surface area contributed by atoms with E-state index in [1.165, 1.54) is 5.56 Å². The number of carbonyl (C=O) groups excluding carboxylic acids is 1. The molecule has 6 nitrogen and oxygen atoms in total. The summed E-state index contributed by atoms with van der Waals surface area (Å²) < 4.78 is 5.75. The van der Waals surface area contributed by atoms with Gasteiger partial charge in [0.25, 0.3) is 0 Å². The minimum Gasteiger partial charge on any atom is -0.378 e. The average molecular weight is 415 g/mol. The minimum atomic E-state index is 0.146. The highest BCUT2D eigenvalue weighted by molar-refractivity contribution is 5.85. The molecule has 1 amide bonds. The van der Waals surface area contributed by atoms with Crippen molar-refractivity contribution >= 4 is 11.9 Å². The molecule has 1 aromatic carbocycles. The van der Waals surface area contributed by atoms with Crippen molar-refractivity contribution in [2.45, 2.75) is 52.1 Å². The van der Waals surface area contributed by atoms with Crippen LogP contribution in [0.1, 0.15) is 45.1 Å². The normalized spacial score (nSPS) is 19.2. The number of likely N-dealkylation sites (tertiary alicyclic amines) is 2. The zero-order chi connectivity index (χ0) is 21.2. The highest BCUT2D eigenvalue weighted by atomic mass is 16.5. The first-order valence-corrected chi connectivity index (χ1v) is 11.7. The van der Waals surface area contributed by atoms with Crippen LogP contribution in [0.15, 0.2) is 35.3 Å². The van der Waals surface area contributed by atoms with Crippen LogP contribution in [-0.2, 0) is 16.0 Å². The molecule has 3 rings (SSSR count). The third-order valence-electron chi connectivity index (χ3n) is 6.18. The summed E-state index contributed by atoms with van der Waals surface area (Å²) in [7, 11) is 0. The van der Waals surface area contributed by atoms with Crippen molar-refractivity contribution in [2.24, 2.45) is 10.9 Å². The molecule has 0 spiro atoms. The fraction of sp³-hybridized carbons (Fsp3) is 0.667. The number of amides is 1. The van der Waals surface area contributed by atoms with Gasteiger partial charge < -0.3 is 19.9 Å². The molecule has 0 radical (unpaired) electrons. The van der Waals surface area contributed by atoms with Gasteiger partial charge in [-0.3, -0.25) is 4.79 Å². The Bertz CT molecular complexity index is 663. The van der Waals surface area contributed by atoms with Crippen LogP contribution < -0.4 is 5.32 Å². The molecule has 0 atom stereocenters. The van der Waals surface area contributed by atoms with E-state index in [-0.39, 0.29) is 12.5 Å². The number of ether oxygens (including phenoxy) is 1. The van der Waals surface area contributed by atoms with E-state index in [0.717, 1.165) is 77.4 Å². The number of benzene rings is 1. The van der Waals surface area contributed by atoms with Crippen molar-refractivity contribution in [3.05, 3.63) is 35.9 Å². The Morgan fingerprint density at radius 2 is 1.70 bits per heavy atom. The molecule has 0 bridgehead atoms. The first kappa shape index (κ1) is 22.6. The number of nitrogens with one attached hydrogen (secondary N) is 1. The lowest BCUT2D eigenvalue weighted by molar-refractivity contribution is -0.131. The van der Waals surface area contributed by atoms with Gasteiger partial charge in [0.05, 0.1) is 6.10 Å². The Balaban J connectivity index is 1.45. The second-order valence-electron chi connectivity index (χ2n) is 8.33. The van der Waals surface area contributed by atoms with Gasteiger partial charge in [-0.2, -0.15) is 0 Å². The highest BCUT2D eigenvalue weighted by Crippen LogP contribution is 2.22. The van der Waals surface area contributed by atoms with Gasteiger partial charge in [0.1, 0.15) is 6.54 Å². The third-order valence-corrected chi connectivity index (χ3v) is 6.18. The molecule has 1 N–H and O–H groups in total. The Kier molecular flexibility index (Phi) is 9.00. The molecular formula is C24H38N4O2. The first-order valence-electron chi connectivity index (χ1n) is 11.7. The van der Waals surface area contributed by atoms with Crippen LogP contribution >= 0.6 is 0 Å². The number of carbonyl (C=O) groups is 1. The van der Waals surface area contributed by atoms with Gasteiger partial charge in [0, 0.05) is 39.3 Å². The van der Waals surface area contributed by atoms with Gasteiger partial charge >= 0.3 is 0 Å². The summed E-state index contributed by atoms with van der Waals surface area (Å²) in [6, 6.07) is 10.7. The van der Waals surface area contributed by atoms with Crippen LogP contribution in [0, 0.1) is 5.92 Å². The second-order valence-corrected chi connectivity index (χ2v) is 8.33. The van der Waals surface area contributed by atoms with Gasteiger partial charge in [-0.05, 0) is 57.4 Å². The van der Waals surface area contributed by atoms with Crippen molar-refractivity contribution in [3.63, 3.8) is 0 Å². The van der Waals surface area contributed by atoms with Crippen LogP contribution in [0.5, 0.6) is 0 Å². The van der Waals surface area contributed by atoms with Crippen LogP contribution in [0.4, 0.5) is 0 Å². The highest BCUT2D eigenvalue weighted by Gasteiger charge is 2.24. The molecule has 0 unspecified atom stereocenters. The van der Waals surface area contributed by atoms with Gasteiger partial charge in [-0.25, -0.2) is 4.99 Å². The Labute approximate surface area is 181 Å². The summed E-state index contributed by atoms with van der Waals surface area (Å²) in [5.41, 5.74) is 1.40. The molecule has 0 aromatic heterocycles. The predicted octanol–water partition coefficient (Wildman–Crippen LogP) is 2.93. The molecule has 0 saturated carbocycles. The fourth-order valence-electron chi connectivity index (χ4n) is 4.47. The van der Waals surface area contributed by atoms with E-state index in [2.05, 4.69) is 52.5 Å². The molecule has 0 aliphatic carbocycles. The maximum absolute atomic E-state index is 12.7. The number of rotatable bonds is 7. The number of guanidine groups is 1. The number of nitrogens with zero attached hydrogens (tertiary/aromatic N) is 3. The summed E-state index contributed by atoms with van der Waals surface area (Å²) in [5.74, 6) is 1.68. The summed E-state index contributed by atoms with van der Waals surface area (Å²) in [5, 5.41) is 3.36. The van der Waals surface area contributed by atoms with E-state index in [0.29, 0.717) is 12.0 Å². The molecule has 166 valence electrons. The quantitative estimate of drug-likeness (QED) is 0.551. The molecule has 30 heavy (non-hydrogen) atoms. The van der Waals surface area contributed by atoms with Gasteiger partial charge in [-0.1, -0.05) is 30.3 Å². The zero-order valence-electron chi connectivity index (χ0n) is 18.7. The molecule has 2 saturated heterocycles. The van der Waals surface area contributed by atoms with E-state index >= 15 is 0 Å². The van der Waals surface area contributed by atoms with Gasteiger partial charge in [-0.15, -0.1) is 0 Å². The monoisotopic (exact) mass is 414 g/mol. The van der Waals surface area contributed by atoms with Gasteiger partial charge in [0.15, 0.2) is 5.96 Å². The van der Waals surface area contributed by atoms with E-state index in [4.69, 9.17) is 4.74 Å². The van der Waals surface area contributed by atoms with E-state index in [1.54, 1.807) is 0 Å². The van der Waals surface area contributed by atoms with Crippen molar-refractivity contribution < 1.29 is 9.53 Å².